The van der Waals surface area contributed by atoms with Gasteiger partial charge in [-0.15, -0.1) is 0 Å². The number of aryl methyl sites for hydroxylation is 2. The lowest BCUT2D eigenvalue weighted by Crippen LogP contribution is -2.53. The first-order chi connectivity index (χ1) is 19.5. The van der Waals surface area contributed by atoms with Crippen molar-refractivity contribution in [2.75, 3.05) is 18.0 Å². The highest BCUT2D eigenvalue weighted by Crippen LogP contribution is 2.26. The first-order valence-electron chi connectivity index (χ1n) is 13.9. The van der Waals surface area contributed by atoms with Crippen molar-refractivity contribution in [3.63, 3.8) is 0 Å². The van der Waals surface area contributed by atoms with Gasteiger partial charge < -0.3 is 15.0 Å². The molecule has 0 spiro atoms. The molecule has 0 bridgehead atoms. The molecule has 2 amide bonds. The molecule has 0 saturated carbocycles. The number of hydrogen-bond donors (Lipinski definition) is 1. The van der Waals surface area contributed by atoms with E-state index in [0.717, 1.165) is 27.4 Å². The zero-order valence-electron chi connectivity index (χ0n) is 24.8. The van der Waals surface area contributed by atoms with E-state index in [-0.39, 0.29) is 23.4 Å². The predicted molar refractivity (Wildman–Crippen MR) is 162 cm³/mol. The Morgan fingerprint density at radius 2 is 1.41 bits per heavy atom. The zero-order chi connectivity index (χ0) is 30.2. The van der Waals surface area contributed by atoms with Crippen molar-refractivity contribution in [3.05, 3.63) is 89.5 Å². The van der Waals surface area contributed by atoms with E-state index in [2.05, 4.69) is 5.32 Å². The van der Waals surface area contributed by atoms with Crippen LogP contribution >= 0.6 is 0 Å². The number of hydrogen-bond acceptors (Lipinski definition) is 5. The molecule has 0 unspecified atom stereocenters. The van der Waals surface area contributed by atoms with Gasteiger partial charge in [0.25, 0.3) is 10.0 Å². The molecule has 8 nitrogen and oxygen atoms in total. The van der Waals surface area contributed by atoms with Crippen molar-refractivity contribution < 1.29 is 22.7 Å². The summed E-state index contributed by atoms with van der Waals surface area (Å²) in [7, 11) is -2.53. The van der Waals surface area contributed by atoms with Crippen molar-refractivity contribution in [2.45, 2.75) is 71.0 Å². The third kappa shape index (κ3) is 8.10. The van der Waals surface area contributed by atoms with E-state index in [1.807, 2.05) is 46.8 Å². The summed E-state index contributed by atoms with van der Waals surface area (Å²) in [6.45, 7) is 9.17. The minimum atomic E-state index is -4.10. The van der Waals surface area contributed by atoms with E-state index in [4.69, 9.17) is 4.74 Å². The molecule has 0 aliphatic carbocycles. The molecule has 1 N–H and O–H groups in total. The fourth-order valence-corrected chi connectivity index (χ4v) is 5.78. The maximum Gasteiger partial charge on any atom is 0.264 e. The quantitative estimate of drug-likeness (QED) is 0.299. The molecule has 3 rings (SSSR count). The van der Waals surface area contributed by atoms with E-state index in [1.165, 1.54) is 4.90 Å². The van der Waals surface area contributed by atoms with Gasteiger partial charge in [-0.1, -0.05) is 61.4 Å². The largest absolute Gasteiger partial charge is 0.497 e. The number of carbonyl (C=O) groups is 2. The number of rotatable bonds is 13. The summed E-state index contributed by atoms with van der Waals surface area (Å²) >= 11 is 0. The Kier molecular flexibility index (Phi) is 10.9. The maximum absolute atomic E-state index is 14.1. The Morgan fingerprint density at radius 3 is 1.93 bits per heavy atom. The summed E-state index contributed by atoms with van der Waals surface area (Å²) in [6.07, 6.45) is 1.10. The summed E-state index contributed by atoms with van der Waals surface area (Å²) in [5.74, 6) is -0.0851. The molecule has 3 aromatic rings. The van der Waals surface area contributed by atoms with Crippen LogP contribution in [0.3, 0.4) is 0 Å². The molecule has 0 radical (unpaired) electrons. The van der Waals surface area contributed by atoms with Gasteiger partial charge in [0.05, 0.1) is 17.7 Å². The number of sulfonamides is 1. The van der Waals surface area contributed by atoms with Crippen LogP contribution in [-0.4, -0.2) is 50.9 Å². The Labute approximate surface area is 244 Å². The van der Waals surface area contributed by atoms with Gasteiger partial charge in [0.1, 0.15) is 18.3 Å². The van der Waals surface area contributed by atoms with Gasteiger partial charge in [0, 0.05) is 12.6 Å². The van der Waals surface area contributed by atoms with E-state index in [0.29, 0.717) is 17.9 Å². The van der Waals surface area contributed by atoms with E-state index < -0.39 is 28.5 Å². The molecular formula is C32H41N3O5S. The van der Waals surface area contributed by atoms with Gasteiger partial charge in [-0.25, -0.2) is 8.42 Å². The molecule has 41 heavy (non-hydrogen) atoms. The zero-order valence-corrected chi connectivity index (χ0v) is 25.6. The molecular weight excluding hydrogens is 538 g/mol. The van der Waals surface area contributed by atoms with Crippen molar-refractivity contribution in [2.24, 2.45) is 0 Å². The standard InChI is InChI=1S/C32H41N3O5S/c1-7-25(5)33-32(37)30(8-2)34(21-26-13-17-28(40-6)18-14-26)31(36)22-35(27-15-9-23(3)10-16-27)41(38,39)29-19-11-24(4)12-20-29/h9-20,25,30H,7-8,21-22H2,1-6H3,(H,33,37)/t25-,30+/m0/s1. The topological polar surface area (TPSA) is 96.0 Å². The number of amides is 2. The number of nitrogens with zero attached hydrogens (tertiary/aromatic N) is 2. The van der Waals surface area contributed by atoms with Crippen molar-refractivity contribution in [1.29, 1.82) is 0 Å². The average molecular weight is 580 g/mol. The van der Waals surface area contributed by atoms with Crippen LogP contribution in [0.1, 0.15) is 50.3 Å². The van der Waals surface area contributed by atoms with Crippen LogP contribution in [0.25, 0.3) is 0 Å². The van der Waals surface area contributed by atoms with Gasteiger partial charge in [0.15, 0.2) is 0 Å². The first kappa shape index (κ1) is 31.7. The molecule has 0 saturated heterocycles. The second-order valence-electron chi connectivity index (χ2n) is 10.3. The monoisotopic (exact) mass is 579 g/mol. The van der Waals surface area contributed by atoms with Gasteiger partial charge in [-0.2, -0.15) is 0 Å². The van der Waals surface area contributed by atoms with Gasteiger partial charge >= 0.3 is 0 Å². The SMILES string of the molecule is CC[C@H](C(=O)N[C@@H](C)CC)N(Cc1ccc(OC)cc1)C(=O)CN(c1ccc(C)cc1)S(=O)(=O)c1ccc(C)cc1. The van der Waals surface area contributed by atoms with Crippen molar-refractivity contribution >= 4 is 27.5 Å². The molecule has 0 aromatic heterocycles. The lowest BCUT2D eigenvalue weighted by molar-refractivity contribution is -0.140. The minimum Gasteiger partial charge on any atom is -0.497 e. The van der Waals surface area contributed by atoms with Gasteiger partial charge in [0.2, 0.25) is 11.8 Å². The number of carbonyl (C=O) groups excluding carboxylic acids is 2. The third-order valence-corrected chi connectivity index (χ3v) is 8.90. The summed E-state index contributed by atoms with van der Waals surface area (Å²) in [6, 6.07) is 19.9. The highest BCUT2D eigenvalue weighted by Gasteiger charge is 2.34. The number of methoxy groups -OCH3 is 1. The second-order valence-corrected chi connectivity index (χ2v) is 12.1. The average Bonchev–Trinajstić information content (AvgIpc) is 2.96. The Morgan fingerprint density at radius 1 is 0.854 bits per heavy atom. The number of nitrogens with one attached hydrogen (secondary N) is 1. The normalized spacial score (nSPS) is 12.7. The minimum absolute atomic E-state index is 0.0690. The highest BCUT2D eigenvalue weighted by molar-refractivity contribution is 7.92. The van der Waals surface area contributed by atoms with Crippen LogP contribution in [0.15, 0.2) is 77.7 Å². The van der Waals surface area contributed by atoms with Gasteiger partial charge in [-0.3, -0.25) is 13.9 Å². The fraction of sp³-hybridized carbons (Fsp3) is 0.375. The molecule has 0 aliphatic heterocycles. The maximum atomic E-state index is 14.1. The first-order valence-corrected chi connectivity index (χ1v) is 15.3. The summed E-state index contributed by atoms with van der Waals surface area (Å²) in [4.78, 5) is 29.1. The van der Waals surface area contributed by atoms with Crippen molar-refractivity contribution in [1.82, 2.24) is 10.2 Å². The molecule has 9 heteroatoms. The molecule has 0 heterocycles. The van der Waals surface area contributed by atoms with E-state index in [9.17, 15) is 18.0 Å². The van der Waals surface area contributed by atoms with Crippen LogP contribution in [0.2, 0.25) is 0 Å². The Balaban J connectivity index is 2.05. The van der Waals surface area contributed by atoms with E-state index >= 15 is 0 Å². The second kappa shape index (κ2) is 14.2. The number of benzene rings is 3. The predicted octanol–water partition coefficient (Wildman–Crippen LogP) is 5.23. The summed E-state index contributed by atoms with van der Waals surface area (Å²) < 4.78 is 34.3. The van der Waals surface area contributed by atoms with Crippen LogP contribution in [0.4, 0.5) is 5.69 Å². The molecule has 3 aromatic carbocycles. The van der Waals surface area contributed by atoms with Crippen LogP contribution in [-0.2, 0) is 26.2 Å². The van der Waals surface area contributed by atoms with E-state index in [1.54, 1.807) is 67.8 Å². The third-order valence-electron chi connectivity index (χ3n) is 7.11. The number of anilines is 1. The molecule has 220 valence electrons. The van der Waals surface area contributed by atoms with Crippen LogP contribution in [0.5, 0.6) is 5.75 Å². The Hall–Kier alpha value is -3.85. The summed E-state index contributed by atoms with van der Waals surface area (Å²) in [5.41, 5.74) is 3.04. The highest BCUT2D eigenvalue weighted by atomic mass is 32.2. The smallest absolute Gasteiger partial charge is 0.264 e. The number of ether oxygens (including phenoxy) is 1. The lowest BCUT2D eigenvalue weighted by Gasteiger charge is -2.33. The molecule has 2 atom stereocenters. The van der Waals surface area contributed by atoms with Crippen LogP contribution < -0.4 is 14.4 Å². The Bertz CT molecular complexity index is 1410. The van der Waals surface area contributed by atoms with Crippen LogP contribution in [0, 0.1) is 13.8 Å². The summed E-state index contributed by atoms with van der Waals surface area (Å²) in [5, 5.41) is 2.99. The van der Waals surface area contributed by atoms with Crippen molar-refractivity contribution in [3.8, 4) is 5.75 Å². The molecule has 0 aliphatic rings. The van der Waals surface area contributed by atoms with Gasteiger partial charge in [-0.05, 0) is 75.6 Å². The fourth-order valence-electron chi connectivity index (χ4n) is 4.37. The lowest BCUT2D eigenvalue weighted by atomic mass is 10.1. The molecule has 0 fully saturated rings.